The van der Waals surface area contributed by atoms with Crippen LogP contribution < -0.4 is 10.2 Å². The molecule has 1 aliphatic rings. The van der Waals surface area contributed by atoms with Crippen molar-refractivity contribution in [3.63, 3.8) is 0 Å². The number of nitrogens with zero attached hydrogens (tertiary/aromatic N) is 5. The van der Waals surface area contributed by atoms with E-state index >= 15 is 0 Å². The van der Waals surface area contributed by atoms with Gasteiger partial charge >= 0.3 is 0 Å². The van der Waals surface area contributed by atoms with Crippen molar-refractivity contribution in [1.82, 2.24) is 24.8 Å². The second kappa shape index (κ2) is 9.69. The molecule has 1 atom stereocenters. The van der Waals surface area contributed by atoms with Gasteiger partial charge in [-0.3, -0.25) is 4.79 Å². The monoisotopic (exact) mass is 406 g/mol. The first kappa shape index (κ1) is 20.3. The van der Waals surface area contributed by atoms with Crippen LogP contribution in [0.15, 0.2) is 42.7 Å². The summed E-state index contributed by atoms with van der Waals surface area (Å²) in [4.78, 5) is 28.1. The topological polar surface area (TPSA) is 75.9 Å². The number of carbonyl (C=O) groups excluding carboxylic acids is 1. The molecule has 1 aliphatic heterocycles. The number of fused-ring (bicyclic) bond motifs is 1. The summed E-state index contributed by atoms with van der Waals surface area (Å²) in [6, 6.07) is 10.1. The van der Waals surface area contributed by atoms with Gasteiger partial charge in [-0.1, -0.05) is 18.6 Å². The van der Waals surface area contributed by atoms with Crippen molar-refractivity contribution < 1.29 is 4.79 Å². The lowest BCUT2D eigenvalue weighted by Gasteiger charge is -2.31. The second-order valence-electron chi connectivity index (χ2n) is 8.01. The zero-order chi connectivity index (χ0) is 20.8. The summed E-state index contributed by atoms with van der Waals surface area (Å²) in [5.41, 5.74) is 2.24. The number of anilines is 1. The Morgan fingerprint density at radius 1 is 1.13 bits per heavy atom. The molecular formula is C23H30N6O. The predicted molar refractivity (Wildman–Crippen MR) is 118 cm³/mol. The SMILES string of the molecule is Cn1c(CCCCCNC(=O)[C@H]2CCCN(c3ncccn3)C2)nc2ccccc21. The first-order valence-electron chi connectivity index (χ1n) is 10.9. The Labute approximate surface area is 177 Å². The van der Waals surface area contributed by atoms with Gasteiger partial charge in [-0.2, -0.15) is 0 Å². The molecule has 158 valence electrons. The molecule has 0 radical (unpaired) electrons. The fourth-order valence-electron chi connectivity index (χ4n) is 4.19. The number of para-hydroxylation sites is 2. The highest BCUT2D eigenvalue weighted by Crippen LogP contribution is 2.20. The number of nitrogens with one attached hydrogen (secondary N) is 1. The van der Waals surface area contributed by atoms with Crippen molar-refractivity contribution in [1.29, 1.82) is 0 Å². The average molecular weight is 407 g/mol. The molecule has 0 aliphatic carbocycles. The number of imidazole rings is 1. The minimum atomic E-state index is 0.0163. The van der Waals surface area contributed by atoms with E-state index in [1.54, 1.807) is 12.4 Å². The number of benzene rings is 1. The molecule has 0 unspecified atom stereocenters. The standard InChI is InChI=1S/C23H30N6O/c1-28-20-11-5-4-10-19(20)27-21(28)12-3-2-6-13-24-22(30)18-9-7-16-29(17-18)23-25-14-8-15-26-23/h4-5,8,10-11,14-15,18H,2-3,6-7,9,12-13,16-17H2,1H3,(H,24,30)/t18-/m0/s1. The van der Waals surface area contributed by atoms with E-state index in [-0.39, 0.29) is 11.8 Å². The van der Waals surface area contributed by atoms with E-state index in [1.165, 1.54) is 5.52 Å². The fraction of sp³-hybridized carbons (Fsp3) is 0.478. The minimum Gasteiger partial charge on any atom is -0.356 e. The van der Waals surface area contributed by atoms with Gasteiger partial charge < -0.3 is 14.8 Å². The second-order valence-corrected chi connectivity index (χ2v) is 8.01. The van der Waals surface area contributed by atoms with Gasteiger partial charge in [0.25, 0.3) is 0 Å². The summed E-state index contributed by atoms with van der Waals surface area (Å²) in [5.74, 6) is 2.02. The van der Waals surface area contributed by atoms with Crippen LogP contribution in [0.3, 0.4) is 0 Å². The van der Waals surface area contributed by atoms with Gasteiger partial charge in [0, 0.05) is 45.5 Å². The van der Waals surface area contributed by atoms with E-state index in [0.29, 0.717) is 6.54 Å². The van der Waals surface area contributed by atoms with Crippen LogP contribution in [0.25, 0.3) is 11.0 Å². The van der Waals surface area contributed by atoms with Gasteiger partial charge in [0.05, 0.1) is 17.0 Å². The van der Waals surface area contributed by atoms with Gasteiger partial charge in [0.1, 0.15) is 5.82 Å². The van der Waals surface area contributed by atoms with Crippen LogP contribution in [-0.4, -0.2) is 45.1 Å². The number of piperidine rings is 1. The highest BCUT2D eigenvalue weighted by molar-refractivity contribution is 5.79. The molecule has 0 saturated carbocycles. The number of hydrogen-bond donors (Lipinski definition) is 1. The van der Waals surface area contributed by atoms with Crippen LogP contribution >= 0.6 is 0 Å². The van der Waals surface area contributed by atoms with Crippen LogP contribution in [-0.2, 0) is 18.3 Å². The maximum absolute atomic E-state index is 12.6. The first-order valence-corrected chi connectivity index (χ1v) is 10.9. The van der Waals surface area contributed by atoms with Crippen LogP contribution in [0.4, 0.5) is 5.95 Å². The lowest BCUT2D eigenvalue weighted by molar-refractivity contribution is -0.125. The van der Waals surface area contributed by atoms with Crippen molar-refractivity contribution in [2.24, 2.45) is 13.0 Å². The molecule has 3 heterocycles. The van der Waals surface area contributed by atoms with E-state index in [1.807, 2.05) is 12.1 Å². The van der Waals surface area contributed by atoms with Gasteiger partial charge in [0.2, 0.25) is 11.9 Å². The summed E-state index contributed by atoms with van der Waals surface area (Å²) >= 11 is 0. The molecule has 2 aromatic heterocycles. The third kappa shape index (κ3) is 4.78. The minimum absolute atomic E-state index is 0.0163. The molecule has 1 N–H and O–H groups in total. The highest BCUT2D eigenvalue weighted by Gasteiger charge is 2.26. The molecule has 1 saturated heterocycles. The summed E-state index contributed by atoms with van der Waals surface area (Å²) in [7, 11) is 2.08. The Morgan fingerprint density at radius 3 is 2.80 bits per heavy atom. The maximum Gasteiger partial charge on any atom is 0.225 e. The quantitative estimate of drug-likeness (QED) is 0.582. The van der Waals surface area contributed by atoms with E-state index in [0.717, 1.165) is 68.9 Å². The zero-order valence-electron chi connectivity index (χ0n) is 17.6. The van der Waals surface area contributed by atoms with Gasteiger partial charge in [-0.15, -0.1) is 0 Å². The summed E-state index contributed by atoms with van der Waals surface area (Å²) in [5, 5.41) is 3.13. The fourth-order valence-corrected chi connectivity index (χ4v) is 4.19. The van der Waals surface area contributed by atoms with Gasteiger partial charge in [-0.25, -0.2) is 15.0 Å². The normalized spacial score (nSPS) is 16.7. The van der Waals surface area contributed by atoms with E-state index in [9.17, 15) is 4.79 Å². The zero-order valence-corrected chi connectivity index (χ0v) is 17.6. The molecule has 1 fully saturated rings. The molecular weight excluding hydrogens is 376 g/mol. The Hall–Kier alpha value is -2.96. The molecule has 1 aromatic carbocycles. The third-order valence-corrected chi connectivity index (χ3v) is 5.88. The van der Waals surface area contributed by atoms with Crippen molar-refractivity contribution in [3.05, 3.63) is 48.5 Å². The van der Waals surface area contributed by atoms with Gasteiger partial charge in [-0.05, 0) is 43.9 Å². The molecule has 1 amide bonds. The molecule has 7 nitrogen and oxygen atoms in total. The number of rotatable bonds is 8. The molecule has 4 rings (SSSR count). The van der Waals surface area contributed by atoms with Gasteiger partial charge in [0.15, 0.2) is 0 Å². The summed E-state index contributed by atoms with van der Waals surface area (Å²) in [6.07, 6.45) is 9.55. The number of unbranched alkanes of at least 4 members (excludes halogenated alkanes) is 2. The number of carbonyl (C=O) groups is 1. The summed E-state index contributed by atoms with van der Waals surface area (Å²) in [6.45, 7) is 2.35. The highest BCUT2D eigenvalue weighted by atomic mass is 16.1. The Morgan fingerprint density at radius 2 is 1.97 bits per heavy atom. The Kier molecular flexibility index (Phi) is 6.57. The molecule has 0 spiro atoms. The molecule has 7 heteroatoms. The first-order chi connectivity index (χ1) is 14.7. The number of aromatic nitrogens is 4. The Bertz CT molecular complexity index is 970. The molecule has 3 aromatic rings. The molecule has 30 heavy (non-hydrogen) atoms. The predicted octanol–water partition coefficient (Wildman–Crippen LogP) is 3.11. The Balaban J connectivity index is 1.16. The van der Waals surface area contributed by atoms with Crippen molar-refractivity contribution in [2.75, 3.05) is 24.5 Å². The third-order valence-electron chi connectivity index (χ3n) is 5.88. The summed E-state index contributed by atoms with van der Waals surface area (Å²) < 4.78 is 2.18. The van der Waals surface area contributed by atoms with Crippen molar-refractivity contribution in [2.45, 2.75) is 38.5 Å². The molecule has 0 bridgehead atoms. The number of aryl methyl sites for hydroxylation is 2. The van der Waals surface area contributed by atoms with E-state index < -0.39 is 0 Å². The maximum atomic E-state index is 12.6. The van der Waals surface area contributed by atoms with Crippen LogP contribution in [0, 0.1) is 5.92 Å². The number of hydrogen-bond acceptors (Lipinski definition) is 5. The van der Waals surface area contributed by atoms with E-state index in [2.05, 4.69) is 50.0 Å². The average Bonchev–Trinajstić information content (AvgIpc) is 3.12. The lowest BCUT2D eigenvalue weighted by atomic mass is 9.97. The number of amides is 1. The van der Waals surface area contributed by atoms with E-state index in [4.69, 9.17) is 4.98 Å². The van der Waals surface area contributed by atoms with Crippen LogP contribution in [0.2, 0.25) is 0 Å². The van der Waals surface area contributed by atoms with Crippen molar-refractivity contribution in [3.8, 4) is 0 Å². The van der Waals surface area contributed by atoms with Crippen LogP contribution in [0.1, 0.15) is 37.9 Å². The smallest absolute Gasteiger partial charge is 0.225 e. The largest absolute Gasteiger partial charge is 0.356 e. The van der Waals surface area contributed by atoms with Crippen molar-refractivity contribution >= 4 is 22.9 Å². The lowest BCUT2D eigenvalue weighted by Crippen LogP contribution is -2.43. The van der Waals surface area contributed by atoms with Crippen LogP contribution in [0.5, 0.6) is 0 Å².